The van der Waals surface area contributed by atoms with Crippen molar-refractivity contribution in [1.82, 2.24) is 20.4 Å². The molecule has 1 aromatic rings. The maximum atomic E-state index is 12.4. The van der Waals surface area contributed by atoms with E-state index in [0.29, 0.717) is 6.54 Å². The molecule has 1 atom stereocenters. The first-order chi connectivity index (χ1) is 12.6. The highest BCUT2D eigenvalue weighted by molar-refractivity contribution is 5.81. The smallest absolute Gasteiger partial charge is 0.223 e. The quantitative estimate of drug-likeness (QED) is 0.756. The van der Waals surface area contributed by atoms with Crippen molar-refractivity contribution in [3.63, 3.8) is 0 Å². The molecule has 0 saturated carbocycles. The van der Waals surface area contributed by atoms with E-state index in [-0.39, 0.29) is 24.3 Å². The normalized spacial score (nSPS) is 19.9. The second-order valence-electron chi connectivity index (χ2n) is 6.89. The lowest BCUT2D eigenvalue weighted by atomic mass is 9.93. The van der Waals surface area contributed by atoms with Crippen LogP contribution in [0.25, 0.3) is 6.08 Å². The Balaban J connectivity index is 1.51. The molecule has 2 aliphatic rings. The Morgan fingerprint density at radius 1 is 1.23 bits per heavy atom. The molecule has 2 heterocycles. The molecule has 6 nitrogen and oxygen atoms in total. The number of piperazine rings is 1. The van der Waals surface area contributed by atoms with Gasteiger partial charge in [-0.1, -0.05) is 24.3 Å². The number of carbonyl (C=O) groups is 2. The predicted octanol–water partition coefficient (Wildman–Crippen LogP) is 1.36. The summed E-state index contributed by atoms with van der Waals surface area (Å²) in [7, 11) is 0. The molecule has 0 bridgehead atoms. The van der Waals surface area contributed by atoms with Crippen molar-refractivity contribution in [3.05, 3.63) is 41.6 Å². The fourth-order valence-electron chi connectivity index (χ4n) is 3.63. The fourth-order valence-corrected chi connectivity index (χ4v) is 3.63. The fraction of sp³-hybridized carbons (Fsp3) is 0.500. The zero-order chi connectivity index (χ0) is 18.4. The molecule has 1 fully saturated rings. The minimum atomic E-state index is -0.234. The van der Waals surface area contributed by atoms with Gasteiger partial charge in [0.1, 0.15) is 0 Å². The predicted molar refractivity (Wildman–Crippen MR) is 102 cm³/mol. The Hall–Kier alpha value is -2.18. The maximum absolute atomic E-state index is 12.4. The van der Waals surface area contributed by atoms with Crippen LogP contribution < -0.4 is 10.6 Å². The topological polar surface area (TPSA) is 64.7 Å². The molecule has 1 aromatic carbocycles. The highest BCUT2D eigenvalue weighted by Gasteiger charge is 2.27. The molecule has 1 saturated heterocycles. The van der Waals surface area contributed by atoms with E-state index in [1.54, 1.807) is 11.1 Å². The van der Waals surface area contributed by atoms with Crippen LogP contribution >= 0.6 is 0 Å². The largest absolute Gasteiger partial charge is 0.356 e. The van der Waals surface area contributed by atoms with E-state index in [2.05, 4.69) is 15.5 Å². The van der Waals surface area contributed by atoms with Gasteiger partial charge in [0.05, 0.1) is 12.5 Å². The summed E-state index contributed by atoms with van der Waals surface area (Å²) in [5, 5.41) is 6.36. The lowest BCUT2D eigenvalue weighted by Gasteiger charge is -2.32. The standard InChI is InChI=1S/C20H28N4O2/c1-16(25)24-12-7-17-5-2-3-6-18(17)19(24)15-20(26)22-8-4-11-23-13-9-21-10-14-23/h2-3,5-7,12,19,21H,4,8-11,13-15H2,1H3,(H,22,26). The van der Waals surface area contributed by atoms with Gasteiger partial charge >= 0.3 is 0 Å². The molecular weight excluding hydrogens is 328 g/mol. The number of amides is 2. The number of benzene rings is 1. The van der Waals surface area contributed by atoms with Crippen molar-refractivity contribution in [2.45, 2.75) is 25.8 Å². The number of nitrogens with one attached hydrogen (secondary N) is 2. The van der Waals surface area contributed by atoms with E-state index >= 15 is 0 Å². The summed E-state index contributed by atoms with van der Waals surface area (Å²) in [6, 6.07) is 7.70. The summed E-state index contributed by atoms with van der Waals surface area (Å²) < 4.78 is 0. The molecule has 6 heteroatoms. The average Bonchev–Trinajstić information content (AvgIpc) is 2.66. The van der Waals surface area contributed by atoms with Gasteiger partial charge in [-0.15, -0.1) is 0 Å². The highest BCUT2D eigenvalue weighted by Crippen LogP contribution is 2.32. The Morgan fingerprint density at radius 2 is 2.00 bits per heavy atom. The molecule has 0 spiro atoms. The van der Waals surface area contributed by atoms with Gasteiger partial charge in [0.15, 0.2) is 0 Å². The van der Waals surface area contributed by atoms with E-state index in [0.717, 1.165) is 50.3 Å². The second kappa shape index (κ2) is 8.96. The summed E-state index contributed by atoms with van der Waals surface area (Å²) in [5.74, 6) is -0.0566. The van der Waals surface area contributed by atoms with Crippen LogP contribution in [0, 0.1) is 0 Å². The Bertz CT molecular complexity index is 668. The molecule has 0 radical (unpaired) electrons. The summed E-state index contributed by atoms with van der Waals surface area (Å²) >= 11 is 0. The Morgan fingerprint density at radius 3 is 2.77 bits per heavy atom. The first-order valence-electron chi connectivity index (χ1n) is 9.41. The minimum Gasteiger partial charge on any atom is -0.356 e. The third-order valence-electron chi connectivity index (χ3n) is 5.03. The third kappa shape index (κ3) is 4.71. The van der Waals surface area contributed by atoms with Gasteiger partial charge in [0, 0.05) is 45.8 Å². The molecule has 2 amide bonds. The van der Waals surface area contributed by atoms with Crippen molar-refractivity contribution in [3.8, 4) is 0 Å². The van der Waals surface area contributed by atoms with Crippen LogP contribution in [0.4, 0.5) is 0 Å². The Kier molecular flexibility index (Phi) is 6.41. The molecule has 0 aromatic heterocycles. The van der Waals surface area contributed by atoms with Crippen LogP contribution in [0.1, 0.15) is 36.9 Å². The second-order valence-corrected chi connectivity index (χ2v) is 6.89. The van der Waals surface area contributed by atoms with Gasteiger partial charge in [-0.3, -0.25) is 9.59 Å². The van der Waals surface area contributed by atoms with Crippen molar-refractivity contribution in [2.24, 2.45) is 0 Å². The van der Waals surface area contributed by atoms with Crippen LogP contribution in [-0.4, -0.2) is 60.9 Å². The highest BCUT2D eigenvalue weighted by atomic mass is 16.2. The van der Waals surface area contributed by atoms with Crippen molar-refractivity contribution in [1.29, 1.82) is 0 Å². The molecular formula is C20H28N4O2. The number of hydrogen-bond acceptors (Lipinski definition) is 4. The first kappa shape index (κ1) is 18.6. The van der Waals surface area contributed by atoms with E-state index in [1.807, 2.05) is 30.3 Å². The van der Waals surface area contributed by atoms with Crippen LogP contribution in [0.3, 0.4) is 0 Å². The number of rotatable bonds is 6. The number of nitrogens with zero attached hydrogens (tertiary/aromatic N) is 2. The number of hydrogen-bond donors (Lipinski definition) is 2. The molecule has 2 aliphatic heterocycles. The van der Waals surface area contributed by atoms with Crippen LogP contribution in [0.5, 0.6) is 0 Å². The summed E-state index contributed by atoms with van der Waals surface area (Å²) in [6.45, 7) is 7.46. The SMILES string of the molecule is CC(=O)N1C=Cc2ccccc2C1CC(=O)NCCCN1CCNCC1. The summed E-state index contributed by atoms with van der Waals surface area (Å²) in [6.07, 6.45) is 4.95. The van der Waals surface area contributed by atoms with Crippen LogP contribution in [0.2, 0.25) is 0 Å². The first-order valence-corrected chi connectivity index (χ1v) is 9.41. The van der Waals surface area contributed by atoms with Gasteiger partial charge < -0.3 is 20.4 Å². The van der Waals surface area contributed by atoms with E-state index < -0.39 is 0 Å². The van der Waals surface area contributed by atoms with Gasteiger partial charge in [-0.05, 0) is 30.2 Å². The van der Waals surface area contributed by atoms with Gasteiger partial charge in [-0.2, -0.15) is 0 Å². The zero-order valence-corrected chi connectivity index (χ0v) is 15.4. The minimum absolute atomic E-state index is 0.00772. The molecule has 3 rings (SSSR count). The van der Waals surface area contributed by atoms with E-state index in [9.17, 15) is 9.59 Å². The molecule has 26 heavy (non-hydrogen) atoms. The maximum Gasteiger partial charge on any atom is 0.223 e. The van der Waals surface area contributed by atoms with Crippen LogP contribution in [-0.2, 0) is 9.59 Å². The van der Waals surface area contributed by atoms with Crippen molar-refractivity contribution in [2.75, 3.05) is 39.3 Å². The average molecular weight is 356 g/mol. The number of fused-ring (bicyclic) bond motifs is 1. The van der Waals surface area contributed by atoms with Gasteiger partial charge in [-0.25, -0.2) is 0 Å². The number of carbonyl (C=O) groups excluding carboxylic acids is 2. The lowest BCUT2D eigenvalue weighted by molar-refractivity contribution is -0.129. The van der Waals surface area contributed by atoms with Crippen LogP contribution in [0.15, 0.2) is 30.5 Å². The summed E-state index contributed by atoms with van der Waals surface area (Å²) in [5.41, 5.74) is 2.10. The molecule has 1 unspecified atom stereocenters. The molecule has 0 aliphatic carbocycles. The van der Waals surface area contributed by atoms with Crippen molar-refractivity contribution < 1.29 is 9.59 Å². The van der Waals surface area contributed by atoms with Gasteiger partial charge in [0.25, 0.3) is 0 Å². The van der Waals surface area contributed by atoms with E-state index in [1.165, 1.54) is 6.92 Å². The van der Waals surface area contributed by atoms with E-state index in [4.69, 9.17) is 0 Å². The van der Waals surface area contributed by atoms with Crippen molar-refractivity contribution >= 4 is 17.9 Å². The molecule has 2 N–H and O–H groups in total. The summed E-state index contributed by atoms with van der Waals surface area (Å²) in [4.78, 5) is 28.5. The Labute approximate surface area is 155 Å². The zero-order valence-electron chi connectivity index (χ0n) is 15.4. The molecule has 140 valence electrons. The van der Waals surface area contributed by atoms with Gasteiger partial charge in [0.2, 0.25) is 11.8 Å². The lowest BCUT2D eigenvalue weighted by Crippen LogP contribution is -2.44. The third-order valence-corrected chi connectivity index (χ3v) is 5.03. The monoisotopic (exact) mass is 356 g/mol.